The summed E-state index contributed by atoms with van der Waals surface area (Å²) >= 11 is 0. The first-order valence-corrected chi connectivity index (χ1v) is 7.98. The monoisotopic (exact) mass is 346 g/mol. The summed E-state index contributed by atoms with van der Waals surface area (Å²) in [7, 11) is 0. The van der Waals surface area contributed by atoms with E-state index in [4.69, 9.17) is 9.15 Å². The number of benzene rings is 1. The maximum Gasteiger partial charge on any atom is 0.320 e. The van der Waals surface area contributed by atoms with Gasteiger partial charge >= 0.3 is 5.97 Å². The van der Waals surface area contributed by atoms with Crippen molar-refractivity contribution in [3.63, 3.8) is 0 Å². The molecule has 1 atom stereocenters. The number of hydrogen-bond acceptors (Lipinski definition) is 5. The van der Waals surface area contributed by atoms with Crippen molar-refractivity contribution in [1.29, 1.82) is 0 Å². The van der Waals surface area contributed by atoms with Gasteiger partial charge in [-0.2, -0.15) is 0 Å². The third-order valence-corrected chi connectivity index (χ3v) is 3.64. The molecule has 0 aliphatic carbocycles. The fraction of sp³-hybridized carbons (Fsp3) is 0.333. The standard InChI is InChI=1S/C18H22N2O5/c1-13(18(22)23)20(11-10-19-14(2)21)12-16-8-9-17(25-16)24-15-6-4-3-5-7-15/h3-9,13H,10-12H2,1-2H3,(H,19,21)(H,22,23). The first-order chi connectivity index (χ1) is 12.0. The SMILES string of the molecule is CC(=O)NCCN(Cc1ccc(Oc2ccccc2)o1)C(C)C(=O)O. The Morgan fingerprint density at radius 1 is 1.24 bits per heavy atom. The summed E-state index contributed by atoms with van der Waals surface area (Å²) in [6.07, 6.45) is 0. The van der Waals surface area contributed by atoms with Gasteiger partial charge in [-0.1, -0.05) is 18.2 Å². The van der Waals surface area contributed by atoms with Gasteiger partial charge in [-0.05, 0) is 25.1 Å². The second-order valence-electron chi connectivity index (χ2n) is 5.60. The van der Waals surface area contributed by atoms with Crippen LogP contribution in [0.3, 0.4) is 0 Å². The molecule has 2 aromatic rings. The highest BCUT2D eigenvalue weighted by Gasteiger charge is 2.22. The van der Waals surface area contributed by atoms with Crippen LogP contribution in [0.4, 0.5) is 0 Å². The number of carbonyl (C=O) groups is 2. The number of nitrogens with one attached hydrogen (secondary N) is 1. The highest BCUT2D eigenvalue weighted by atomic mass is 16.6. The Balaban J connectivity index is 2.00. The van der Waals surface area contributed by atoms with Gasteiger partial charge in [-0.25, -0.2) is 0 Å². The molecule has 0 saturated carbocycles. The van der Waals surface area contributed by atoms with E-state index in [9.17, 15) is 14.7 Å². The van der Waals surface area contributed by atoms with E-state index in [0.717, 1.165) is 0 Å². The second kappa shape index (κ2) is 8.89. The molecule has 7 heteroatoms. The molecule has 1 unspecified atom stereocenters. The average Bonchev–Trinajstić information content (AvgIpc) is 3.00. The lowest BCUT2D eigenvalue weighted by Gasteiger charge is -2.25. The molecule has 1 heterocycles. The van der Waals surface area contributed by atoms with E-state index in [1.165, 1.54) is 6.92 Å². The van der Waals surface area contributed by atoms with Crippen LogP contribution in [-0.4, -0.2) is 41.0 Å². The average molecular weight is 346 g/mol. The van der Waals surface area contributed by atoms with Gasteiger partial charge < -0.3 is 19.6 Å². The van der Waals surface area contributed by atoms with Gasteiger partial charge in [0, 0.05) is 26.1 Å². The van der Waals surface area contributed by atoms with Gasteiger partial charge in [0.1, 0.15) is 17.6 Å². The molecular formula is C18H22N2O5. The third kappa shape index (κ3) is 5.96. The summed E-state index contributed by atoms with van der Waals surface area (Å²) < 4.78 is 11.2. The topological polar surface area (TPSA) is 92.0 Å². The number of para-hydroxylation sites is 1. The van der Waals surface area contributed by atoms with Crippen LogP contribution in [0.5, 0.6) is 11.7 Å². The number of rotatable bonds is 9. The molecule has 0 radical (unpaired) electrons. The number of carbonyl (C=O) groups excluding carboxylic acids is 1. The number of carboxylic acid groups (broad SMARTS) is 1. The van der Waals surface area contributed by atoms with Crippen molar-refractivity contribution in [1.82, 2.24) is 10.2 Å². The van der Waals surface area contributed by atoms with Crippen LogP contribution in [0.15, 0.2) is 46.9 Å². The Kier molecular flexibility index (Phi) is 6.59. The molecule has 25 heavy (non-hydrogen) atoms. The summed E-state index contributed by atoms with van der Waals surface area (Å²) in [5.41, 5.74) is 0. The number of nitrogens with zero attached hydrogens (tertiary/aromatic N) is 1. The molecule has 134 valence electrons. The molecule has 2 rings (SSSR count). The lowest BCUT2D eigenvalue weighted by molar-refractivity contribution is -0.142. The summed E-state index contributed by atoms with van der Waals surface area (Å²) in [5, 5.41) is 11.9. The minimum Gasteiger partial charge on any atom is -0.480 e. The smallest absolute Gasteiger partial charge is 0.320 e. The molecule has 2 N–H and O–H groups in total. The number of aliphatic carboxylic acids is 1. The molecule has 0 aliphatic heterocycles. The Hall–Kier alpha value is -2.80. The first-order valence-electron chi connectivity index (χ1n) is 7.98. The van der Waals surface area contributed by atoms with Gasteiger partial charge in [-0.3, -0.25) is 14.5 Å². The Morgan fingerprint density at radius 3 is 2.60 bits per heavy atom. The summed E-state index contributed by atoms with van der Waals surface area (Å²) in [5.74, 6) is 0.493. The molecule has 1 amide bonds. The molecular weight excluding hydrogens is 324 g/mol. The first kappa shape index (κ1) is 18.5. The van der Waals surface area contributed by atoms with Crippen molar-refractivity contribution >= 4 is 11.9 Å². The molecule has 0 saturated heterocycles. The molecule has 0 aliphatic rings. The number of furan rings is 1. The van der Waals surface area contributed by atoms with Crippen LogP contribution in [0.25, 0.3) is 0 Å². The van der Waals surface area contributed by atoms with Gasteiger partial charge in [0.05, 0.1) is 6.54 Å². The van der Waals surface area contributed by atoms with Crippen molar-refractivity contribution in [2.75, 3.05) is 13.1 Å². The summed E-state index contributed by atoms with van der Waals surface area (Å²) in [4.78, 5) is 24.0. The largest absolute Gasteiger partial charge is 0.480 e. The van der Waals surface area contributed by atoms with E-state index in [2.05, 4.69) is 5.32 Å². The maximum absolute atomic E-state index is 11.3. The molecule has 1 aromatic carbocycles. The van der Waals surface area contributed by atoms with Gasteiger partial charge in [0.15, 0.2) is 0 Å². The molecule has 0 spiro atoms. The molecule has 0 fully saturated rings. The second-order valence-corrected chi connectivity index (χ2v) is 5.60. The third-order valence-electron chi connectivity index (χ3n) is 3.64. The predicted molar refractivity (Wildman–Crippen MR) is 91.4 cm³/mol. The minimum absolute atomic E-state index is 0.153. The van der Waals surface area contributed by atoms with Gasteiger partial charge in [0.25, 0.3) is 5.95 Å². The summed E-state index contributed by atoms with van der Waals surface area (Å²) in [6.45, 7) is 4.07. The van der Waals surface area contributed by atoms with Crippen molar-refractivity contribution in [3.8, 4) is 11.7 Å². The van der Waals surface area contributed by atoms with Crippen molar-refractivity contribution < 1.29 is 23.8 Å². The zero-order valence-electron chi connectivity index (χ0n) is 14.3. The van der Waals surface area contributed by atoms with E-state index in [0.29, 0.717) is 37.1 Å². The lowest BCUT2D eigenvalue weighted by Crippen LogP contribution is -2.42. The van der Waals surface area contributed by atoms with Crippen molar-refractivity contribution in [2.45, 2.75) is 26.4 Å². The quantitative estimate of drug-likeness (QED) is 0.725. The lowest BCUT2D eigenvalue weighted by atomic mass is 10.2. The predicted octanol–water partition coefficient (Wildman–Crippen LogP) is 2.48. The van der Waals surface area contributed by atoms with Crippen LogP contribution >= 0.6 is 0 Å². The van der Waals surface area contributed by atoms with Crippen molar-refractivity contribution in [2.24, 2.45) is 0 Å². The van der Waals surface area contributed by atoms with Crippen molar-refractivity contribution in [3.05, 3.63) is 48.2 Å². The van der Waals surface area contributed by atoms with E-state index in [1.54, 1.807) is 24.0 Å². The van der Waals surface area contributed by atoms with E-state index < -0.39 is 12.0 Å². The van der Waals surface area contributed by atoms with Gasteiger partial charge in [0.2, 0.25) is 5.91 Å². The number of hydrogen-bond donors (Lipinski definition) is 2. The zero-order valence-corrected chi connectivity index (χ0v) is 14.3. The molecule has 7 nitrogen and oxygen atoms in total. The van der Waals surface area contributed by atoms with Crippen LogP contribution in [0.1, 0.15) is 19.6 Å². The van der Waals surface area contributed by atoms with E-state index in [1.807, 2.05) is 30.3 Å². The number of carboxylic acids is 1. The van der Waals surface area contributed by atoms with E-state index >= 15 is 0 Å². The Morgan fingerprint density at radius 2 is 1.96 bits per heavy atom. The number of ether oxygens (including phenoxy) is 1. The minimum atomic E-state index is -0.935. The number of amides is 1. The molecule has 1 aromatic heterocycles. The van der Waals surface area contributed by atoms with E-state index in [-0.39, 0.29) is 5.91 Å². The molecule has 0 bridgehead atoms. The highest BCUT2D eigenvalue weighted by molar-refractivity contribution is 5.73. The fourth-order valence-corrected chi connectivity index (χ4v) is 2.24. The van der Waals surface area contributed by atoms with Crippen LogP contribution in [-0.2, 0) is 16.1 Å². The normalized spacial score (nSPS) is 12.0. The maximum atomic E-state index is 11.3. The fourth-order valence-electron chi connectivity index (χ4n) is 2.24. The highest BCUT2D eigenvalue weighted by Crippen LogP contribution is 2.24. The zero-order chi connectivity index (χ0) is 18.2. The summed E-state index contributed by atoms with van der Waals surface area (Å²) in [6, 6.07) is 12.0. The van der Waals surface area contributed by atoms with Crippen LogP contribution in [0, 0.1) is 0 Å². The Labute approximate surface area is 146 Å². The van der Waals surface area contributed by atoms with Crippen LogP contribution < -0.4 is 10.1 Å². The van der Waals surface area contributed by atoms with Gasteiger partial charge in [-0.15, -0.1) is 0 Å². The van der Waals surface area contributed by atoms with Crippen LogP contribution in [0.2, 0.25) is 0 Å². The Bertz CT molecular complexity index is 699.